The molecular weight excluding hydrogens is 274 g/mol. The van der Waals surface area contributed by atoms with Gasteiger partial charge >= 0.3 is 5.97 Å². The molecule has 1 rings (SSSR count). The van der Waals surface area contributed by atoms with Crippen LogP contribution in [-0.2, 0) is 9.53 Å². The van der Waals surface area contributed by atoms with E-state index in [1.54, 1.807) is 45.2 Å². The summed E-state index contributed by atoms with van der Waals surface area (Å²) in [6.07, 6.45) is 0. The summed E-state index contributed by atoms with van der Waals surface area (Å²) in [5.74, 6) is -0.703. The van der Waals surface area contributed by atoms with Crippen molar-refractivity contribution in [1.82, 2.24) is 4.90 Å². The smallest absolute Gasteiger partial charge is 0.323 e. The van der Waals surface area contributed by atoms with Crippen LogP contribution in [0.4, 0.5) is 0 Å². The molecule has 0 aliphatic carbocycles. The number of nitrogens with zero attached hydrogens (tertiary/aromatic N) is 1. The highest BCUT2D eigenvalue weighted by atomic mass is 16.5. The molecule has 6 heteroatoms. The molecular formula is C15H21NO5. The Morgan fingerprint density at radius 1 is 1.19 bits per heavy atom. The molecule has 0 fully saturated rings. The van der Waals surface area contributed by atoms with E-state index in [-0.39, 0.29) is 18.5 Å². The zero-order valence-corrected chi connectivity index (χ0v) is 12.5. The number of carbonyl (C=O) groups is 2. The van der Waals surface area contributed by atoms with Crippen molar-refractivity contribution in [2.45, 2.75) is 19.9 Å². The first-order valence-electron chi connectivity index (χ1n) is 6.70. The van der Waals surface area contributed by atoms with Gasteiger partial charge < -0.3 is 19.5 Å². The first-order chi connectivity index (χ1) is 9.95. The fourth-order valence-electron chi connectivity index (χ4n) is 1.74. The summed E-state index contributed by atoms with van der Waals surface area (Å²) in [6.45, 7) is 4.16. The Morgan fingerprint density at radius 2 is 1.81 bits per heavy atom. The molecule has 0 bridgehead atoms. The molecule has 6 nitrogen and oxygen atoms in total. The minimum atomic E-state index is -1.03. The second-order valence-electron chi connectivity index (χ2n) is 4.79. The highest BCUT2D eigenvalue weighted by Gasteiger charge is 2.21. The van der Waals surface area contributed by atoms with E-state index in [2.05, 4.69) is 0 Å². The summed E-state index contributed by atoms with van der Waals surface area (Å²) in [6, 6.07) is 6.43. The number of rotatable bonds is 8. The molecule has 1 amide bonds. The molecule has 0 aliphatic rings. The van der Waals surface area contributed by atoms with Crippen LogP contribution < -0.4 is 4.74 Å². The number of amides is 1. The number of carboxylic acid groups (broad SMARTS) is 1. The van der Waals surface area contributed by atoms with E-state index in [0.717, 1.165) is 0 Å². The van der Waals surface area contributed by atoms with Gasteiger partial charge in [-0.05, 0) is 38.1 Å². The topological polar surface area (TPSA) is 76.1 Å². The maximum Gasteiger partial charge on any atom is 0.323 e. The van der Waals surface area contributed by atoms with Crippen LogP contribution in [0.25, 0.3) is 0 Å². The van der Waals surface area contributed by atoms with Gasteiger partial charge in [0.05, 0.1) is 6.61 Å². The third kappa shape index (κ3) is 5.43. The lowest BCUT2D eigenvalue weighted by Gasteiger charge is -2.25. The largest absolute Gasteiger partial charge is 0.491 e. The van der Waals surface area contributed by atoms with E-state index in [4.69, 9.17) is 14.6 Å². The summed E-state index contributed by atoms with van der Waals surface area (Å²) in [5.41, 5.74) is 0.434. The SMILES string of the molecule is COCCOc1ccc(C(=O)N(CC(=O)O)C(C)C)cc1. The number of aliphatic carboxylic acids is 1. The molecule has 0 saturated heterocycles. The maximum absolute atomic E-state index is 12.3. The van der Waals surface area contributed by atoms with Gasteiger partial charge in [0.2, 0.25) is 0 Å². The fraction of sp³-hybridized carbons (Fsp3) is 0.467. The average molecular weight is 295 g/mol. The standard InChI is InChI=1S/C15H21NO5/c1-11(2)16(10-14(17)18)15(19)12-4-6-13(7-5-12)21-9-8-20-3/h4-7,11H,8-10H2,1-3H3,(H,17,18). The van der Waals surface area contributed by atoms with Gasteiger partial charge in [-0.2, -0.15) is 0 Å². The molecule has 0 unspecified atom stereocenters. The second-order valence-corrected chi connectivity index (χ2v) is 4.79. The molecule has 1 aromatic carbocycles. The van der Waals surface area contributed by atoms with Crippen molar-refractivity contribution in [2.75, 3.05) is 26.9 Å². The maximum atomic E-state index is 12.3. The van der Waals surface area contributed by atoms with Crippen molar-refractivity contribution in [3.63, 3.8) is 0 Å². The molecule has 0 aromatic heterocycles. The molecule has 0 atom stereocenters. The Labute approximate surface area is 124 Å². The number of ether oxygens (including phenoxy) is 2. The molecule has 0 spiro atoms. The van der Waals surface area contributed by atoms with Gasteiger partial charge in [0.25, 0.3) is 5.91 Å². The van der Waals surface area contributed by atoms with E-state index < -0.39 is 5.97 Å². The predicted molar refractivity (Wildman–Crippen MR) is 77.6 cm³/mol. The van der Waals surface area contributed by atoms with Crippen molar-refractivity contribution in [3.05, 3.63) is 29.8 Å². The molecule has 116 valence electrons. The molecule has 1 aromatic rings. The zero-order chi connectivity index (χ0) is 15.8. The third-order valence-corrected chi connectivity index (χ3v) is 2.85. The Morgan fingerprint density at radius 3 is 2.29 bits per heavy atom. The Hall–Kier alpha value is -2.08. The van der Waals surface area contributed by atoms with E-state index in [0.29, 0.717) is 24.5 Å². The van der Waals surface area contributed by atoms with Crippen LogP contribution in [0, 0.1) is 0 Å². The minimum Gasteiger partial charge on any atom is -0.491 e. The van der Waals surface area contributed by atoms with Crippen LogP contribution in [0.5, 0.6) is 5.75 Å². The highest BCUT2D eigenvalue weighted by Crippen LogP contribution is 2.15. The van der Waals surface area contributed by atoms with Gasteiger partial charge in [-0.1, -0.05) is 0 Å². The van der Waals surface area contributed by atoms with Crippen LogP contribution in [0.3, 0.4) is 0 Å². The highest BCUT2D eigenvalue weighted by molar-refractivity contribution is 5.96. The van der Waals surface area contributed by atoms with Gasteiger partial charge in [-0.3, -0.25) is 9.59 Å². The lowest BCUT2D eigenvalue weighted by Crippen LogP contribution is -2.40. The molecule has 1 N–H and O–H groups in total. The Kier molecular flexibility index (Phi) is 6.68. The average Bonchev–Trinajstić information content (AvgIpc) is 2.44. The number of hydrogen-bond donors (Lipinski definition) is 1. The van der Waals surface area contributed by atoms with Crippen LogP contribution in [0.2, 0.25) is 0 Å². The Balaban J connectivity index is 2.74. The van der Waals surface area contributed by atoms with Crippen molar-refractivity contribution in [1.29, 1.82) is 0 Å². The van der Waals surface area contributed by atoms with Gasteiger partial charge in [-0.15, -0.1) is 0 Å². The lowest BCUT2D eigenvalue weighted by atomic mass is 10.1. The minimum absolute atomic E-state index is 0.189. The van der Waals surface area contributed by atoms with Gasteiger partial charge in [-0.25, -0.2) is 0 Å². The second kappa shape index (κ2) is 8.26. The summed E-state index contributed by atoms with van der Waals surface area (Å²) in [5, 5.41) is 8.87. The lowest BCUT2D eigenvalue weighted by molar-refractivity contribution is -0.138. The molecule has 0 aliphatic heterocycles. The van der Waals surface area contributed by atoms with E-state index in [1.165, 1.54) is 4.90 Å². The van der Waals surface area contributed by atoms with Crippen molar-refractivity contribution < 1.29 is 24.2 Å². The van der Waals surface area contributed by atoms with Crippen LogP contribution in [0.15, 0.2) is 24.3 Å². The number of carboxylic acids is 1. The van der Waals surface area contributed by atoms with E-state index >= 15 is 0 Å². The van der Waals surface area contributed by atoms with E-state index in [9.17, 15) is 9.59 Å². The number of methoxy groups -OCH3 is 1. The quantitative estimate of drug-likeness (QED) is 0.738. The van der Waals surface area contributed by atoms with Crippen LogP contribution >= 0.6 is 0 Å². The monoisotopic (exact) mass is 295 g/mol. The molecule has 21 heavy (non-hydrogen) atoms. The predicted octanol–water partition coefficient (Wildman–Crippen LogP) is 1.65. The number of hydrogen-bond acceptors (Lipinski definition) is 4. The normalized spacial score (nSPS) is 10.5. The summed E-state index contributed by atoms with van der Waals surface area (Å²) in [7, 11) is 1.59. The third-order valence-electron chi connectivity index (χ3n) is 2.85. The number of benzene rings is 1. The first-order valence-corrected chi connectivity index (χ1v) is 6.70. The first kappa shape index (κ1) is 17.0. The summed E-state index contributed by atoms with van der Waals surface area (Å²) < 4.78 is 10.3. The Bertz CT molecular complexity index is 469. The summed E-state index contributed by atoms with van der Waals surface area (Å²) in [4.78, 5) is 24.4. The van der Waals surface area contributed by atoms with E-state index in [1.807, 2.05) is 0 Å². The summed E-state index contributed by atoms with van der Waals surface area (Å²) >= 11 is 0. The van der Waals surface area contributed by atoms with Crippen LogP contribution in [0.1, 0.15) is 24.2 Å². The van der Waals surface area contributed by atoms with Crippen molar-refractivity contribution in [3.8, 4) is 5.75 Å². The number of carbonyl (C=O) groups excluding carboxylic acids is 1. The zero-order valence-electron chi connectivity index (χ0n) is 12.5. The fourth-order valence-corrected chi connectivity index (χ4v) is 1.74. The van der Waals surface area contributed by atoms with Crippen molar-refractivity contribution >= 4 is 11.9 Å². The van der Waals surface area contributed by atoms with Gasteiger partial charge in [0, 0.05) is 18.7 Å². The molecule has 0 saturated carbocycles. The van der Waals surface area contributed by atoms with Crippen molar-refractivity contribution in [2.24, 2.45) is 0 Å². The van der Waals surface area contributed by atoms with Gasteiger partial charge in [0.15, 0.2) is 0 Å². The van der Waals surface area contributed by atoms with Crippen LogP contribution in [-0.4, -0.2) is 54.8 Å². The van der Waals surface area contributed by atoms with Gasteiger partial charge in [0.1, 0.15) is 18.9 Å². The molecule has 0 heterocycles. The molecule has 0 radical (unpaired) electrons.